The number of hydrogen-bond acceptors (Lipinski definition) is 7. The van der Waals surface area contributed by atoms with Crippen LogP contribution in [-0.2, 0) is 16.1 Å². The second kappa shape index (κ2) is 9.08. The van der Waals surface area contributed by atoms with Crippen LogP contribution in [0.4, 0.5) is 0 Å². The summed E-state index contributed by atoms with van der Waals surface area (Å²) < 4.78 is 5.23. The zero-order chi connectivity index (χ0) is 22.7. The molecule has 3 N–H and O–H groups in total. The van der Waals surface area contributed by atoms with Gasteiger partial charge >= 0.3 is 5.97 Å². The number of aryl methyl sites for hydroxylation is 3. The molecular weight excluding hydrogens is 388 g/mol. The maximum absolute atomic E-state index is 12.6. The van der Waals surface area contributed by atoms with E-state index in [1.54, 1.807) is 13.8 Å². The van der Waals surface area contributed by atoms with E-state index in [0.29, 0.717) is 45.3 Å². The Morgan fingerprint density at radius 2 is 1.67 bits per heavy atom. The second-order valence-electron chi connectivity index (χ2n) is 7.27. The van der Waals surface area contributed by atoms with Gasteiger partial charge < -0.3 is 24.8 Å². The van der Waals surface area contributed by atoms with Crippen LogP contribution in [0.5, 0.6) is 5.75 Å². The summed E-state index contributed by atoms with van der Waals surface area (Å²) in [6.07, 6.45) is 0. The van der Waals surface area contributed by atoms with Gasteiger partial charge in [-0.05, 0) is 41.8 Å². The quantitative estimate of drug-likeness (QED) is 0.554. The van der Waals surface area contributed by atoms with Crippen LogP contribution < -0.4 is 0 Å². The first-order chi connectivity index (χ1) is 14.0. The number of H-pyrrole nitrogens is 1. The first kappa shape index (κ1) is 23.1. The van der Waals surface area contributed by atoms with Gasteiger partial charge in [-0.2, -0.15) is 0 Å². The Morgan fingerprint density at radius 1 is 1.10 bits per heavy atom. The van der Waals surface area contributed by atoms with Gasteiger partial charge in [0.15, 0.2) is 0 Å². The topological polar surface area (TPSA) is 129 Å². The van der Waals surface area contributed by atoms with Gasteiger partial charge in [-0.25, -0.2) is 14.8 Å². The minimum atomic E-state index is -0.833. The molecule has 9 nitrogen and oxygen atoms in total. The molecule has 0 radical (unpaired) electrons. The number of aromatic hydroxyl groups is 1. The van der Waals surface area contributed by atoms with Crippen molar-refractivity contribution in [2.75, 3.05) is 20.7 Å². The van der Waals surface area contributed by atoms with Crippen LogP contribution in [0, 0.1) is 20.8 Å². The van der Waals surface area contributed by atoms with Gasteiger partial charge in [-0.15, -0.1) is 0 Å². The molecule has 1 aromatic carbocycles. The number of nitrogens with one attached hydrogen (secondary N) is 1. The van der Waals surface area contributed by atoms with E-state index in [0.717, 1.165) is 18.3 Å². The molecule has 2 aromatic heterocycles. The second-order valence-corrected chi connectivity index (χ2v) is 7.27. The van der Waals surface area contributed by atoms with Crippen molar-refractivity contribution in [3.63, 3.8) is 0 Å². The lowest BCUT2D eigenvalue weighted by Gasteiger charge is -2.16. The molecule has 0 amide bonds. The Hall–Kier alpha value is -3.20. The Kier molecular flexibility index (Phi) is 6.99. The van der Waals surface area contributed by atoms with Crippen molar-refractivity contribution in [1.82, 2.24) is 19.9 Å². The van der Waals surface area contributed by atoms with Crippen LogP contribution in [0.1, 0.15) is 46.9 Å². The number of rotatable bonds is 4. The van der Waals surface area contributed by atoms with Crippen LogP contribution >= 0.6 is 0 Å². The van der Waals surface area contributed by atoms with Gasteiger partial charge in [0.25, 0.3) is 5.97 Å². The molecule has 0 saturated carbocycles. The number of carbonyl (C=O) groups is 2. The fourth-order valence-electron chi connectivity index (χ4n) is 3.22. The molecule has 3 rings (SSSR count). The molecule has 9 heteroatoms. The van der Waals surface area contributed by atoms with E-state index >= 15 is 0 Å². The predicted molar refractivity (Wildman–Crippen MR) is 114 cm³/mol. The monoisotopic (exact) mass is 416 g/mol. The number of carboxylic acid groups (broad SMARTS) is 1. The molecule has 0 unspecified atom stereocenters. The van der Waals surface area contributed by atoms with E-state index in [9.17, 15) is 9.90 Å². The molecule has 0 aliphatic rings. The van der Waals surface area contributed by atoms with E-state index in [2.05, 4.69) is 15.0 Å². The number of aromatic nitrogens is 3. The first-order valence-electron chi connectivity index (χ1n) is 9.51. The summed E-state index contributed by atoms with van der Waals surface area (Å²) in [5.41, 5.74) is 5.00. The first-order valence-corrected chi connectivity index (χ1v) is 9.51. The summed E-state index contributed by atoms with van der Waals surface area (Å²) in [5.74, 6) is -1.17. The van der Waals surface area contributed by atoms with Crippen LogP contribution in [0.2, 0.25) is 0 Å². The Labute approximate surface area is 174 Å². The zero-order valence-corrected chi connectivity index (χ0v) is 18.4. The van der Waals surface area contributed by atoms with Gasteiger partial charge in [0.2, 0.25) is 0 Å². The maximum Gasteiger partial charge on any atom is 0.340 e. The maximum atomic E-state index is 12.6. The fraction of sp³-hybridized carbons (Fsp3) is 0.429. The number of fused-ring (bicyclic) bond motifs is 3. The number of carbonyl (C=O) groups excluding carboxylic acids is 1. The SMILES string of the molecule is CC(=O)O.CCOC(=O)c1c(C)nc2c1c(CN(C)C)c(O)c1[nH]c(C)c(C)nc12. The average molecular weight is 416 g/mol. The highest BCUT2D eigenvalue weighted by molar-refractivity contribution is 6.15. The minimum absolute atomic E-state index is 0.0924. The number of phenolic OH excluding ortho intramolecular Hbond substituents is 1. The summed E-state index contributed by atoms with van der Waals surface area (Å²) in [6, 6.07) is 0. The summed E-state index contributed by atoms with van der Waals surface area (Å²) in [4.78, 5) is 36.0. The highest BCUT2D eigenvalue weighted by Gasteiger charge is 2.26. The van der Waals surface area contributed by atoms with Crippen molar-refractivity contribution >= 4 is 33.9 Å². The fourth-order valence-corrected chi connectivity index (χ4v) is 3.22. The Bertz CT molecular complexity index is 1110. The predicted octanol–water partition coefficient (Wildman–Crippen LogP) is 3.07. The number of aromatic amines is 1. The molecule has 162 valence electrons. The zero-order valence-electron chi connectivity index (χ0n) is 18.4. The molecule has 0 fully saturated rings. The van der Waals surface area contributed by atoms with Crippen molar-refractivity contribution < 1.29 is 24.5 Å². The normalized spacial score (nSPS) is 10.9. The third-order valence-electron chi connectivity index (χ3n) is 4.50. The van der Waals surface area contributed by atoms with Gasteiger partial charge in [0.1, 0.15) is 16.8 Å². The molecule has 0 aliphatic heterocycles. The van der Waals surface area contributed by atoms with E-state index in [1.165, 1.54) is 0 Å². The molecule has 30 heavy (non-hydrogen) atoms. The van der Waals surface area contributed by atoms with Crippen molar-refractivity contribution in [1.29, 1.82) is 0 Å². The van der Waals surface area contributed by atoms with Crippen LogP contribution in [0.15, 0.2) is 0 Å². The van der Waals surface area contributed by atoms with Gasteiger partial charge in [0, 0.05) is 30.1 Å². The highest BCUT2D eigenvalue weighted by atomic mass is 16.5. The van der Waals surface area contributed by atoms with E-state index in [4.69, 9.17) is 14.6 Å². The number of benzene rings is 1. The van der Waals surface area contributed by atoms with Gasteiger partial charge in [0.05, 0.1) is 29.1 Å². The van der Waals surface area contributed by atoms with Crippen LogP contribution in [0.25, 0.3) is 21.9 Å². The average Bonchev–Trinajstić information content (AvgIpc) is 2.97. The smallest absolute Gasteiger partial charge is 0.340 e. The van der Waals surface area contributed by atoms with Crippen LogP contribution in [0.3, 0.4) is 0 Å². The molecular formula is C21H28N4O5. The largest absolute Gasteiger partial charge is 0.505 e. The number of phenols is 1. The summed E-state index contributed by atoms with van der Waals surface area (Å²) >= 11 is 0. The van der Waals surface area contributed by atoms with E-state index < -0.39 is 11.9 Å². The van der Waals surface area contributed by atoms with Gasteiger partial charge in [-0.3, -0.25) is 4.79 Å². The van der Waals surface area contributed by atoms with Crippen molar-refractivity contribution in [2.24, 2.45) is 0 Å². The number of aliphatic carboxylic acids is 1. The summed E-state index contributed by atoms with van der Waals surface area (Å²) in [6.45, 7) is 9.16. The molecule has 0 bridgehead atoms. The lowest BCUT2D eigenvalue weighted by atomic mass is 10.0. The van der Waals surface area contributed by atoms with Crippen LogP contribution in [-0.4, -0.2) is 62.7 Å². The number of ether oxygens (including phenoxy) is 1. The molecule has 0 saturated heterocycles. The van der Waals surface area contributed by atoms with Crippen molar-refractivity contribution in [3.05, 3.63) is 28.2 Å². The molecule has 0 aliphatic carbocycles. The Morgan fingerprint density at radius 3 is 2.20 bits per heavy atom. The summed E-state index contributed by atoms with van der Waals surface area (Å²) in [7, 11) is 3.82. The molecule has 3 aromatic rings. The van der Waals surface area contributed by atoms with E-state index in [1.807, 2.05) is 32.8 Å². The van der Waals surface area contributed by atoms with E-state index in [-0.39, 0.29) is 12.4 Å². The summed E-state index contributed by atoms with van der Waals surface area (Å²) in [5, 5.41) is 19.0. The number of hydrogen-bond donors (Lipinski definition) is 3. The lowest BCUT2D eigenvalue weighted by Crippen LogP contribution is -2.13. The number of carboxylic acids is 1. The highest BCUT2D eigenvalue weighted by Crippen LogP contribution is 2.39. The third-order valence-corrected chi connectivity index (χ3v) is 4.50. The molecule has 0 atom stereocenters. The minimum Gasteiger partial charge on any atom is -0.505 e. The lowest BCUT2D eigenvalue weighted by molar-refractivity contribution is -0.134. The Balaban J connectivity index is 0.000000735. The third kappa shape index (κ3) is 4.51. The number of esters is 1. The van der Waals surface area contributed by atoms with Crippen molar-refractivity contribution in [3.8, 4) is 5.75 Å². The number of nitrogens with zero attached hydrogens (tertiary/aromatic N) is 3. The van der Waals surface area contributed by atoms with Gasteiger partial charge in [-0.1, -0.05) is 0 Å². The molecule has 0 spiro atoms. The molecule has 2 heterocycles. The standard InChI is InChI=1S/C19H24N4O3.C2H4O2/c1-7-26-19(25)13-11(4)22-15-14(13)12(8-23(5)6)18(24)17-16(15)20-9(2)10(3)21-17;1-2(3)4/h21,24H,7-8H2,1-6H3;1H3,(H,3,4). The van der Waals surface area contributed by atoms with Crippen molar-refractivity contribution in [2.45, 2.75) is 41.2 Å².